The number of rotatable bonds is 4. The summed E-state index contributed by atoms with van der Waals surface area (Å²) in [5, 5.41) is 18.7. The minimum atomic E-state index is -0.464. The molecule has 1 aromatic carbocycles. The summed E-state index contributed by atoms with van der Waals surface area (Å²) < 4.78 is 6.64. The summed E-state index contributed by atoms with van der Waals surface area (Å²) in [6.45, 7) is 1.92. The second-order valence-corrected chi connectivity index (χ2v) is 5.19. The highest BCUT2D eigenvalue weighted by molar-refractivity contribution is 9.09. The Morgan fingerprint density at radius 3 is 2.79 bits per heavy atom. The maximum atomic E-state index is 10.8. The molecular formula is C11H11BrN4O3. The number of hydrogen-bond acceptors (Lipinski definition) is 5. The molecule has 2 rings (SSSR count). The summed E-state index contributed by atoms with van der Waals surface area (Å²) in [7, 11) is 1.50. The molecule has 1 atom stereocenters. The summed E-state index contributed by atoms with van der Waals surface area (Å²) >= 11 is 3.39. The van der Waals surface area contributed by atoms with E-state index < -0.39 is 4.92 Å². The highest BCUT2D eigenvalue weighted by Gasteiger charge is 2.15. The number of nitrogens with zero attached hydrogens (tertiary/aromatic N) is 4. The quantitative estimate of drug-likeness (QED) is 0.490. The molecule has 0 fully saturated rings. The van der Waals surface area contributed by atoms with Gasteiger partial charge in [0.15, 0.2) is 0 Å². The Balaban J connectivity index is 2.51. The Bertz CT molecular complexity index is 612. The van der Waals surface area contributed by atoms with Crippen molar-refractivity contribution in [2.45, 2.75) is 11.8 Å². The van der Waals surface area contributed by atoms with Crippen LogP contribution in [0.4, 0.5) is 5.69 Å². The predicted octanol–water partition coefficient (Wildman–Crippen LogP) is 2.64. The summed E-state index contributed by atoms with van der Waals surface area (Å²) in [5.41, 5.74) is 1.18. The Morgan fingerprint density at radius 2 is 2.26 bits per heavy atom. The van der Waals surface area contributed by atoms with Crippen LogP contribution in [-0.4, -0.2) is 27.0 Å². The first kappa shape index (κ1) is 13.5. The van der Waals surface area contributed by atoms with E-state index in [1.807, 2.05) is 6.92 Å². The zero-order valence-corrected chi connectivity index (χ0v) is 11.9. The van der Waals surface area contributed by atoms with E-state index in [-0.39, 0.29) is 10.5 Å². The standard InChI is InChI=1S/C11H11BrN4O3/c1-7(12)9-6-15(14-13-9)10-5-8(16(17)18)3-4-11(10)19-2/h3-7H,1-2H3. The van der Waals surface area contributed by atoms with Crippen LogP contribution in [0.3, 0.4) is 0 Å². The maximum absolute atomic E-state index is 10.8. The van der Waals surface area contributed by atoms with Gasteiger partial charge in [-0.15, -0.1) is 5.10 Å². The van der Waals surface area contributed by atoms with Crippen molar-refractivity contribution >= 4 is 21.6 Å². The first-order valence-corrected chi connectivity index (χ1v) is 6.33. The van der Waals surface area contributed by atoms with Gasteiger partial charge >= 0.3 is 0 Å². The zero-order valence-electron chi connectivity index (χ0n) is 10.3. The molecule has 0 radical (unpaired) electrons. The second-order valence-electron chi connectivity index (χ2n) is 3.82. The van der Waals surface area contributed by atoms with E-state index in [9.17, 15) is 10.1 Å². The second kappa shape index (κ2) is 5.35. The largest absolute Gasteiger partial charge is 0.494 e. The molecule has 19 heavy (non-hydrogen) atoms. The third-order valence-corrected chi connectivity index (χ3v) is 3.01. The van der Waals surface area contributed by atoms with E-state index in [0.717, 1.165) is 5.69 Å². The number of hydrogen-bond donors (Lipinski definition) is 0. The van der Waals surface area contributed by atoms with Crippen LogP contribution in [0, 0.1) is 10.1 Å². The molecule has 0 aliphatic heterocycles. The Kier molecular flexibility index (Phi) is 3.79. The highest BCUT2D eigenvalue weighted by atomic mass is 79.9. The van der Waals surface area contributed by atoms with E-state index >= 15 is 0 Å². The third kappa shape index (κ3) is 2.73. The van der Waals surface area contributed by atoms with Crippen molar-refractivity contribution < 1.29 is 9.66 Å². The molecule has 2 aromatic rings. The predicted molar refractivity (Wildman–Crippen MR) is 71.9 cm³/mol. The lowest BCUT2D eigenvalue weighted by Crippen LogP contribution is -2.00. The fraction of sp³-hybridized carbons (Fsp3) is 0.273. The van der Waals surface area contributed by atoms with Gasteiger partial charge < -0.3 is 4.74 Å². The Labute approximate surface area is 117 Å². The molecule has 100 valence electrons. The van der Waals surface area contributed by atoms with E-state index in [4.69, 9.17) is 4.74 Å². The molecule has 0 amide bonds. The lowest BCUT2D eigenvalue weighted by Gasteiger charge is -2.07. The molecule has 1 heterocycles. The number of aromatic nitrogens is 3. The van der Waals surface area contributed by atoms with Gasteiger partial charge in [-0.2, -0.15) is 0 Å². The number of alkyl halides is 1. The average Bonchev–Trinajstić information content (AvgIpc) is 2.87. The zero-order chi connectivity index (χ0) is 14.0. The van der Waals surface area contributed by atoms with Gasteiger partial charge in [-0.05, 0) is 13.0 Å². The molecule has 1 aromatic heterocycles. The smallest absolute Gasteiger partial charge is 0.271 e. The van der Waals surface area contributed by atoms with Gasteiger partial charge in [-0.1, -0.05) is 21.1 Å². The minimum Gasteiger partial charge on any atom is -0.494 e. The molecular weight excluding hydrogens is 316 g/mol. The first-order valence-electron chi connectivity index (χ1n) is 5.42. The molecule has 0 saturated carbocycles. The molecule has 0 saturated heterocycles. The van der Waals surface area contributed by atoms with Crippen LogP contribution in [0.1, 0.15) is 17.4 Å². The number of ether oxygens (including phenoxy) is 1. The topological polar surface area (TPSA) is 83.1 Å². The summed E-state index contributed by atoms with van der Waals surface area (Å²) in [6, 6.07) is 4.32. The highest BCUT2D eigenvalue weighted by Crippen LogP contribution is 2.28. The number of methoxy groups -OCH3 is 1. The fourth-order valence-corrected chi connectivity index (χ4v) is 1.76. The number of halogens is 1. The SMILES string of the molecule is COc1ccc([N+](=O)[O-])cc1-n1cc(C(C)Br)nn1. The molecule has 0 N–H and O–H groups in total. The summed E-state index contributed by atoms with van der Waals surface area (Å²) in [4.78, 5) is 10.4. The summed E-state index contributed by atoms with van der Waals surface area (Å²) in [5.74, 6) is 0.490. The van der Waals surface area contributed by atoms with Crippen molar-refractivity contribution in [3.05, 3.63) is 40.2 Å². The average molecular weight is 327 g/mol. The van der Waals surface area contributed by atoms with Crippen LogP contribution in [0.5, 0.6) is 5.75 Å². The van der Waals surface area contributed by atoms with E-state index in [1.165, 1.54) is 30.0 Å². The van der Waals surface area contributed by atoms with Crippen molar-refractivity contribution in [3.8, 4) is 11.4 Å². The van der Waals surface area contributed by atoms with Crippen molar-refractivity contribution in [1.82, 2.24) is 15.0 Å². The van der Waals surface area contributed by atoms with Crippen LogP contribution < -0.4 is 4.74 Å². The van der Waals surface area contributed by atoms with Crippen LogP contribution in [0.2, 0.25) is 0 Å². The van der Waals surface area contributed by atoms with Gasteiger partial charge in [-0.25, -0.2) is 4.68 Å². The first-order chi connectivity index (χ1) is 9.02. The maximum Gasteiger partial charge on any atom is 0.271 e. The molecule has 0 spiro atoms. The number of nitro groups is 1. The molecule has 8 heteroatoms. The van der Waals surface area contributed by atoms with E-state index in [1.54, 1.807) is 6.20 Å². The molecule has 0 bridgehead atoms. The molecule has 0 aliphatic carbocycles. The van der Waals surface area contributed by atoms with Gasteiger partial charge in [0.1, 0.15) is 11.4 Å². The molecule has 1 unspecified atom stereocenters. The van der Waals surface area contributed by atoms with Crippen molar-refractivity contribution in [1.29, 1.82) is 0 Å². The third-order valence-electron chi connectivity index (χ3n) is 2.54. The molecule has 7 nitrogen and oxygen atoms in total. The lowest BCUT2D eigenvalue weighted by atomic mass is 10.2. The monoisotopic (exact) mass is 326 g/mol. The number of non-ortho nitro benzene ring substituents is 1. The van der Waals surface area contributed by atoms with Gasteiger partial charge in [0.05, 0.1) is 28.8 Å². The van der Waals surface area contributed by atoms with Crippen LogP contribution >= 0.6 is 15.9 Å². The van der Waals surface area contributed by atoms with Gasteiger partial charge in [0, 0.05) is 12.1 Å². The van der Waals surface area contributed by atoms with Crippen molar-refractivity contribution in [2.75, 3.05) is 7.11 Å². The van der Waals surface area contributed by atoms with Gasteiger partial charge in [0.2, 0.25) is 0 Å². The Hall–Kier alpha value is -1.96. The minimum absolute atomic E-state index is 0.0280. The van der Waals surface area contributed by atoms with Gasteiger partial charge in [0.25, 0.3) is 5.69 Å². The van der Waals surface area contributed by atoms with E-state index in [2.05, 4.69) is 26.2 Å². The van der Waals surface area contributed by atoms with Crippen molar-refractivity contribution in [3.63, 3.8) is 0 Å². The fourth-order valence-electron chi connectivity index (χ4n) is 1.55. The van der Waals surface area contributed by atoms with Crippen molar-refractivity contribution in [2.24, 2.45) is 0 Å². The van der Waals surface area contributed by atoms with E-state index in [0.29, 0.717) is 11.4 Å². The normalized spacial score (nSPS) is 12.2. The number of benzene rings is 1. The number of nitro benzene ring substituents is 1. The van der Waals surface area contributed by atoms with Gasteiger partial charge in [-0.3, -0.25) is 10.1 Å². The van der Waals surface area contributed by atoms with Crippen LogP contribution in [0.25, 0.3) is 5.69 Å². The summed E-state index contributed by atoms with van der Waals surface area (Å²) in [6.07, 6.45) is 1.70. The van der Waals surface area contributed by atoms with Crippen LogP contribution in [0.15, 0.2) is 24.4 Å². The lowest BCUT2D eigenvalue weighted by molar-refractivity contribution is -0.384. The Morgan fingerprint density at radius 1 is 1.53 bits per heavy atom. The molecule has 0 aliphatic rings. The van der Waals surface area contributed by atoms with Crippen LogP contribution in [-0.2, 0) is 0 Å².